The molecular formula is C22H29NO6. The van der Waals surface area contributed by atoms with Crippen molar-refractivity contribution in [2.45, 2.75) is 25.4 Å². The molecule has 0 fully saturated rings. The van der Waals surface area contributed by atoms with Crippen molar-refractivity contribution in [3.05, 3.63) is 47.5 Å². The number of ether oxygens (including phenoxy) is 4. The fourth-order valence-electron chi connectivity index (χ4n) is 2.99. The minimum absolute atomic E-state index is 0.114. The Morgan fingerprint density at radius 3 is 2.31 bits per heavy atom. The molecule has 0 spiro atoms. The Morgan fingerprint density at radius 2 is 1.66 bits per heavy atom. The van der Waals surface area contributed by atoms with Crippen LogP contribution in [-0.4, -0.2) is 46.0 Å². The smallest absolute Gasteiger partial charge is 0.220 e. The van der Waals surface area contributed by atoms with Crippen LogP contribution in [0.15, 0.2) is 36.4 Å². The van der Waals surface area contributed by atoms with Crippen LogP contribution in [-0.2, 0) is 11.2 Å². The van der Waals surface area contributed by atoms with Crippen molar-refractivity contribution in [2.75, 3.05) is 35.0 Å². The molecule has 0 saturated heterocycles. The van der Waals surface area contributed by atoms with Gasteiger partial charge in [0, 0.05) is 24.6 Å². The van der Waals surface area contributed by atoms with E-state index in [9.17, 15) is 9.90 Å². The number of amides is 1. The van der Waals surface area contributed by atoms with Gasteiger partial charge in [0.1, 0.15) is 11.5 Å². The first-order valence-electron chi connectivity index (χ1n) is 9.40. The van der Waals surface area contributed by atoms with Crippen molar-refractivity contribution >= 4 is 5.91 Å². The van der Waals surface area contributed by atoms with Crippen molar-refractivity contribution in [2.24, 2.45) is 0 Å². The van der Waals surface area contributed by atoms with Gasteiger partial charge in [-0.05, 0) is 42.7 Å². The second-order valence-corrected chi connectivity index (χ2v) is 6.45. The number of aliphatic hydroxyl groups excluding tert-OH is 1. The molecule has 2 N–H and O–H groups in total. The number of rotatable bonds is 11. The number of carbonyl (C=O) groups is 1. The van der Waals surface area contributed by atoms with Crippen LogP contribution < -0.4 is 24.3 Å². The summed E-state index contributed by atoms with van der Waals surface area (Å²) in [5.74, 6) is 2.39. The predicted octanol–water partition coefficient (Wildman–Crippen LogP) is 2.89. The molecule has 2 aromatic rings. The summed E-state index contributed by atoms with van der Waals surface area (Å²) in [5, 5.41) is 13.3. The molecule has 29 heavy (non-hydrogen) atoms. The molecule has 0 aliphatic carbocycles. The van der Waals surface area contributed by atoms with Crippen molar-refractivity contribution in [3.63, 3.8) is 0 Å². The minimum atomic E-state index is -0.799. The minimum Gasteiger partial charge on any atom is -0.497 e. The number of hydrogen-bond acceptors (Lipinski definition) is 6. The third-order valence-corrected chi connectivity index (χ3v) is 4.63. The van der Waals surface area contributed by atoms with Crippen molar-refractivity contribution in [1.29, 1.82) is 0 Å². The standard InChI is InChI=1S/C22H29NO6/c1-26-16-6-7-17(20(14-16)28-3)18(24)8-10-22(25)23-12-11-15-5-9-19(27-2)21(13-15)29-4/h5-7,9,13-14,18,24H,8,10-12H2,1-4H3,(H,23,25). The van der Waals surface area contributed by atoms with E-state index in [1.807, 2.05) is 18.2 Å². The summed E-state index contributed by atoms with van der Waals surface area (Å²) in [4.78, 5) is 12.1. The van der Waals surface area contributed by atoms with Crippen LogP contribution in [0.25, 0.3) is 0 Å². The first-order chi connectivity index (χ1) is 14.0. The van der Waals surface area contributed by atoms with Gasteiger partial charge in [0.2, 0.25) is 5.91 Å². The number of benzene rings is 2. The molecule has 1 unspecified atom stereocenters. The SMILES string of the molecule is COc1ccc(C(O)CCC(=O)NCCc2ccc(OC)c(OC)c2)c(OC)c1. The Kier molecular flexibility index (Phi) is 8.61. The molecule has 0 heterocycles. The molecule has 1 atom stereocenters. The van der Waals surface area contributed by atoms with Gasteiger partial charge in [0.25, 0.3) is 0 Å². The molecule has 2 aromatic carbocycles. The molecule has 1 amide bonds. The Bertz CT molecular complexity index is 808. The maximum absolute atomic E-state index is 12.1. The van der Waals surface area contributed by atoms with Crippen LogP contribution in [0.3, 0.4) is 0 Å². The van der Waals surface area contributed by atoms with Gasteiger partial charge in [-0.2, -0.15) is 0 Å². The lowest BCUT2D eigenvalue weighted by molar-refractivity contribution is -0.121. The lowest BCUT2D eigenvalue weighted by Crippen LogP contribution is -2.25. The second kappa shape index (κ2) is 11.2. The van der Waals surface area contributed by atoms with E-state index in [1.54, 1.807) is 39.5 Å². The second-order valence-electron chi connectivity index (χ2n) is 6.45. The third-order valence-electron chi connectivity index (χ3n) is 4.63. The Labute approximate surface area is 171 Å². The van der Waals surface area contributed by atoms with E-state index in [2.05, 4.69) is 5.32 Å². The lowest BCUT2D eigenvalue weighted by Gasteiger charge is -2.15. The van der Waals surface area contributed by atoms with Gasteiger partial charge in [0.05, 0.1) is 34.5 Å². The average molecular weight is 403 g/mol. The summed E-state index contributed by atoms with van der Waals surface area (Å²) in [7, 11) is 6.28. The topological polar surface area (TPSA) is 86.3 Å². The van der Waals surface area contributed by atoms with Crippen LogP contribution in [0.5, 0.6) is 23.0 Å². The number of hydrogen-bond donors (Lipinski definition) is 2. The Balaban J connectivity index is 1.81. The molecular weight excluding hydrogens is 374 g/mol. The number of nitrogens with one attached hydrogen (secondary N) is 1. The normalized spacial score (nSPS) is 11.5. The van der Waals surface area contributed by atoms with Crippen LogP contribution in [0.2, 0.25) is 0 Å². The highest BCUT2D eigenvalue weighted by atomic mass is 16.5. The molecule has 0 aliphatic rings. The van der Waals surface area contributed by atoms with Crippen LogP contribution in [0.4, 0.5) is 0 Å². The fraction of sp³-hybridized carbons (Fsp3) is 0.409. The zero-order valence-corrected chi connectivity index (χ0v) is 17.4. The number of carbonyl (C=O) groups excluding carboxylic acids is 1. The summed E-state index contributed by atoms with van der Waals surface area (Å²) in [6, 6.07) is 10.9. The molecule has 7 heteroatoms. The lowest BCUT2D eigenvalue weighted by atomic mass is 10.0. The monoisotopic (exact) mass is 403 g/mol. The summed E-state index contributed by atoms with van der Waals surface area (Å²) in [5.41, 5.74) is 1.66. The van der Waals surface area contributed by atoms with E-state index >= 15 is 0 Å². The zero-order chi connectivity index (χ0) is 21.2. The Morgan fingerprint density at radius 1 is 0.931 bits per heavy atom. The highest BCUT2D eigenvalue weighted by Crippen LogP contribution is 2.31. The molecule has 0 radical (unpaired) electrons. The summed E-state index contributed by atoms with van der Waals surface area (Å²) >= 11 is 0. The Hall–Kier alpha value is -2.93. The molecule has 7 nitrogen and oxygen atoms in total. The van der Waals surface area contributed by atoms with Gasteiger partial charge in [-0.3, -0.25) is 4.79 Å². The largest absolute Gasteiger partial charge is 0.497 e. The molecule has 0 bridgehead atoms. The van der Waals surface area contributed by atoms with Crippen molar-refractivity contribution in [3.8, 4) is 23.0 Å². The van der Waals surface area contributed by atoms with Gasteiger partial charge >= 0.3 is 0 Å². The van der Waals surface area contributed by atoms with E-state index in [1.165, 1.54) is 7.11 Å². The first-order valence-corrected chi connectivity index (χ1v) is 9.40. The molecule has 0 aromatic heterocycles. The highest BCUT2D eigenvalue weighted by molar-refractivity contribution is 5.75. The number of aliphatic hydroxyl groups is 1. The maximum Gasteiger partial charge on any atom is 0.220 e. The zero-order valence-electron chi connectivity index (χ0n) is 17.4. The first kappa shape index (κ1) is 22.4. The van der Waals surface area contributed by atoms with Crippen molar-refractivity contribution in [1.82, 2.24) is 5.32 Å². The van der Waals surface area contributed by atoms with Crippen LogP contribution >= 0.6 is 0 Å². The summed E-state index contributed by atoms with van der Waals surface area (Å²) in [6.07, 6.45) is 0.376. The maximum atomic E-state index is 12.1. The van der Waals surface area contributed by atoms with E-state index in [4.69, 9.17) is 18.9 Å². The van der Waals surface area contributed by atoms with Crippen LogP contribution in [0.1, 0.15) is 30.1 Å². The van der Waals surface area contributed by atoms with Gasteiger partial charge in [0.15, 0.2) is 11.5 Å². The van der Waals surface area contributed by atoms with E-state index in [0.29, 0.717) is 47.9 Å². The van der Waals surface area contributed by atoms with E-state index in [0.717, 1.165) is 5.56 Å². The quantitative estimate of drug-likeness (QED) is 0.600. The summed E-state index contributed by atoms with van der Waals surface area (Å²) < 4.78 is 21.0. The van der Waals surface area contributed by atoms with E-state index < -0.39 is 6.10 Å². The predicted molar refractivity (Wildman–Crippen MR) is 110 cm³/mol. The van der Waals surface area contributed by atoms with E-state index in [-0.39, 0.29) is 12.3 Å². The number of methoxy groups -OCH3 is 4. The highest BCUT2D eigenvalue weighted by Gasteiger charge is 2.16. The van der Waals surface area contributed by atoms with Gasteiger partial charge in [-0.1, -0.05) is 6.07 Å². The average Bonchev–Trinajstić information content (AvgIpc) is 2.76. The summed E-state index contributed by atoms with van der Waals surface area (Å²) in [6.45, 7) is 0.496. The fourth-order valence-corrected chi connectivity index (χ4v) is 2.99. The molecule has 0 aliphatic heterocycles. The molecule has 158 valence electrons. The molecule has 0 saturated carbocycles. The van der Waals surface area contributed by atoms with Gasteiger partial charge in [-0.25, -0.2) is 0 Å². The molecule has 2 rings (SSSR count). The third kappa shape index (κ3) is 6.29. The van der Waals surface area contributed by atoms with Crippen molar-refractivity contribution < 1.29 is 28.8 Å². The van der Waals surface area contributed by atoms with Gasteiger partial charge < -0.3 is 29.4 Å². The van der Waals surface area contributed by atoms with Gasteiger partial charge in [-0.15, -0.1) is 0 Å². The van der Waals surface area contributed by atoms with Crippen LogP contribution in [0, 0.1) is 0 Å².